The van der Waals surface area contributed by atoms with Crippen molar-refractivity contribution in [2.45, 2.75) is 17.8 Å². The molecule has 0 radical (unpaired) electrons. The molecule has 7 heteroatoms. The van der Waals surface area contributed by atoms with Gasteiger partial charge in [-0.15, -0.1) is 0 Å². The highest BCUT2D eigenvalue weighted by Gasteiger charge is 2.49. The van der Waals surface area contributed by atoms with Crippen molar-refractivity contribution in [1.82, 2.24) is 0 Å². The Morgan fingerprint density at radius 1 is 1.29 bits per heavy atom. The van der Waals surface area contributed by atoms with Gasteiger partial charge in [0.1, 0.15) is 31.4 Å². The largest absolute Gasteiger partial charge is 0.393 e. The summed E-state index contributed by atoms with van der Waals surface area (Å²) in [6.45, 7) is -0.347. The van der Waals surface area contributed by atoms with Gasteiger partial charge in [0.2, 0.25) is 0 Å². The van der Waals surface area contributed by atoms with Gasteiger partial charge < -0.3 is 29.2 Å². The minimum Gasteiger partial charge on any atom is -0.393 e. The Kier molecular flexibility index (Phi) is 6.27. The van der Waals surface area contributed by atoms with E-state index in [1.165, 1.54) is 14.2 Å². The predicted molar refractivity (Wildman–Crippen MR) is 67.6 cm³/mol. The van der Waals surface area contributed by atoms with Crippen LogP contribution in [-0.4, -0.2) is 62.4 Å². The summed E-state index contributed by atoms with van der Waals surface area (Å²) in [4.78, 5) is 0. The van der Waals surface area contributed by atoms with Gasteiger partial charge in [-0.1, -0.05) is 0 Å². The van der Waals surface area contributed by atoms with Crippen molar-refractivity contribution in [3.8, 4) is 0 Å². The maximum Gasteiger partial charge on any atom is 0.147 e. The Morgan fingerprint density at radius 3 is 2.41 bits per heavy atom. The van der Waals surface area contributed by atoms with E-state index in [-0.39, 0.29) is 13.6 Å². The Hall–Kier alpha value is 0.230. The number of aliphatic hydroxyl groups excluding tert-OH is 1. The molecule has 2 N–H and O–H groups in total. The smallest absolute Gasteiger partial charge is 0.147 e. The summed E-state index contributed by atoms with van der Waals surface area (Å²) in [6, 6.07) is 0. The summed E-state index contributed by atoms with van der Waals surface area (Å²) in [5.74, 6) is 0. The number of methoxy groups -OCH3 is 2. The van der Waals surface area contributed by atoms with Gasteiger partial charge in [-0.05, 0) is 28.7 Å². The summed E-state index contributed by atoms with van der Waals surface area (Å²) >= 11 is 1.95. The van der Waals surface area contributed by atoms with E-state index in [0.717, 1.165) is 0 Å². The summed E-state index contributed by atoms with van der Waals surface area (Å²) < 4.78 is 20.9. The summed E-state index contributed by atoms with van der Waals surface area (Å²) in [6.07, 6.45) is 0.513. The lowest BCUT2D eigenvalue weighted by Crippen LogP contribution is -2.49. The van der Waals surface area contributed by atoms with Crippen molar-refractivity contribution in [2.24, 2.45) is 0 Å². The molecule has 1 aliphatic carbocycles. The molecule has 0 aromatic carbocycles. The van der Waals surface area contributed by atoms with Crippen LogP contribution >= 0.6 is 22.6 Å². The van der Waals surface area contributed by atoms with Crippen molar-refractivity contribution < 1.29 is 29.2 Å². The SMILES string of the molecule is COCO[C@H]1C=C(I)[C@@](O)(CO)[C@@H]1OCOC. The normalized spacial score (nSPS) is 32.9. The van der Waals surface area contributed by atoms with Crippen molar-refractivity contribution >= 4 is 22.6 Å². The lowest BCUT2D eigenvalue weighted by atomic mass is 10.0. The number of rotatable bonds is 7. The molecule has 3 atom stereocenters. The number of hydrogen-bond donors (Lipinski definition) is 2. The molecule has 1 rings (SSSR count). The number of ether oxygens (including phenoxy) is 4. The van der Waals surface area contributed by atoms with Crippen molar-refractivity contribution in [3.05, 3.63) is 9.66 Å². The molecule has 6 nitrogen and oxygen atoms in total. The van der Waals surface area contributed by atoms with E-state index in [1.807, 2.05) is 22.6 Å². The molecular weight excluding hydrogens is 343 g/mol. The van der Waals surface area contributed by atoms with Crippen LogP contribution in [0.3, 0.4) is 0 Å². The van der Waals surface area contributed by atoms with E-state index in [2.05, 4.69) is 0 Å². The summed E-state index contributed by atoms with van der Waals surface area (Å²) in [5.41, 5.74) is -1.45. The van der Waals surface area contributed by atoms with Crippen LogP contribution in [0, 0.1) is 0 Å². The van der Waals surface area contributed by atoms with Crippen LogP contribution in [-0.2, 0) is 18.9 Å². The zero-order valence-electron chi connectivity index (χ0n) is 9.76. The number of halogens is 1. The minimum absolute atomic E-state index is 0.0115. The molecule has 0 aromatic heterocycles. The first-order valence-electron chi connectivity index (χ1n) is 5.02. The highest BCUT2D eigenvalue weighted by Crippen LogP contribution is 2.38. The van der Waals surface area contributed by atoms with Gasteiger partial charge in [-0.3, -0.25) is 0 Å². The molecule has 0 saturated heterocycles. The lowest BCUT2D eigenvalue weighted by molar-refractivity contribution is -0.190. The number of hydrogen-bond acceptors (Lipinski definition) is 6. The Morgan fingerprint density at radius 2 is 1.88 bits per heavy atom. The van der Waals surface area contributed by atoms with Gasteiger partial charge in [0.05, 0.1) is 6.61 Å². The molecule has 0 unspecified atom stereocenters. The van der Waals surface area contributed by atoms with E-state index < -0.39 is 24.4 Å². The van der Waals surface area contributed by atoms with Gasteiger partial charge in [0, 0.05) is 17.8 Å². The second kappa shape index (κ2) is 6.98. The third kappa shape index (κ3) is 3.37. The van der Waals surface area contributed by atoms with E-state index in [9.17, 15) is 10.2 Å². The molecule has 0 aliphatic heterocycles. The summed E-state index contributed by atoms with van der Waals surface area (Å²) in [7, 11) is 2.99. The first kappa shape index (κ1) is 15.3. The average Bonchev–Trinajstić information content (AvgIpc) is 2.57. The van der Waals surface area contributed by atoms with Gasteiger partial charge in [-0.25, -0.2) is 0 Å². The van der Waals surface area contributed by atoms with Crippen LogP contribution in [0.5, 0.6) is 0 Å². The van der Waals surface area contributed by atoms with Crippen molar-refractivity contribution in [2.75, 3.05) is 34.4 Å². The van der Waals surface area contributed by atoms with Crippen LogP contribution in [0.25, 0.3) is 0 Å². The minimum atomic E-state index is -1.45. The fraction of sp³-hybridized carbons (Fsp3) is 0.800. The Labute approximate surface area is 114 Å². The Bertz CT molecular complexity index is 272. The fourth-order valence-corrected chi connectivity index (χ4v) is 2.44. The topological polar surface area (TPSA) is 77.4 Å². The third-order valence-electron chi connectivity index (χ3n) is 2.48. The average molecular weight is 360 g/mol. The molecule has 0 spiro atoms. The van der Waals surface area contributed by atoms with Crippen LogP contribution in [0.1, 0.15) is 0 Å². The fourth-order valence-electron chi connectivity index (χ4n) is 1.61. The molecule has 0 heterocycles. The van der Waals surface area contributed by atoms with Crippen LogP contribution < -0.4 is 0 Å². The van der Waals surface area contributed by atoms with Crippen LogP contribution in [0.15, 0.2) is 9.66 Å². The molecule has 1 aliphatic rings. The van der Waals surface area contributed by atoms with Crippen molar-refractivity contribution in [1.29, 1.82) is 0 Å². The van der Waals surface area contributed by atoms with E-state index >= 15 is 0 Å². The molecule has 100 valence electrons. The molecular formula is C10H17IO6. The van der Waals surface area contributed by atoms with Crippen LogP contribution in [0.4, 0.5) is 0 Å². The van der Waals surface area contributed by atoms with Crippen LogP contribution in [0.2, 0.25) is 0 Å². The van der Waals surface area contributed by atoms with Gasteiger partial charge in [0.25, 0.3) is 0 Å². The maximum absolute atomic E-state index is 10.3. The highest BCUT2D eigenvalue weighted by atomic mass is 127. The molecule has 17 heavy (non-hydrogen) atoms. The summed E-state index contributed by atoms with van der Waals surface area (Å²) in [5, 5.41) is 19.6. The molecule has 0 fully saturated rings. The molecule has 0 bridgehead atoms. The first-order valence-corrected chi connectivity index (χ1v) is 6.10. The standard InChI is InChI=1S/C10H17IO6/c1-14-5-16-7-3-8(11)10(13,4-12)9(7)17-6-15-2/h3,7,9,12-13H,4-6H2,1-2H3/t7-,9+,10-/m0/s1. The molecule has 0 amide bonds. The molecule has 0 saturated carbocycles. The van der Waals surface area contributed by atoms with Gasteiger partial charge in [-0.2, -0.15) is 0 Å². The number of aliphatic hydroxyl groups is 2. The van der Waals surface area contributed by atoms with Gasteiger partial charge in [0.15, 0.2) is 0 Å². The molecule has 0 aromatic rings. The predicted octanol–water partition coefficient (Wildman–Crippen LogP) is 0.0205. The second-order valence-electron chi connectivity index (χ2n) is 3.63. The zero-order chi connectivity index (χ0) is 12.9. The first-order chi connectivity index (χ1) is 8.10. The zero-order valence-corrected chi connectivity index (χ0v) is 11.9. The third-order valence-corrected chi connectivity index (χ3v) is 3.77. The van der Waals surface area contributed by atoms with Crippen molar-refractivity contribution in [3.63, 3.8) is 0 Å². The van der Waals surface area contributed by atoms with E-state index in [4.69, 9.17) is 18.9 Å². The lowest BCUT2D eigenvalue weighted by Gasteiger charge is -2.31. The van der Waals surface area contributed by atoms with Gasteiger partial charge >= 0.3 is 0 Å². The highest BCUT2D eigenvalue weighted by molar-refractivity contribution is 14.1. The Balaban J connectivity index is 2.75. The van der Waals surface area contributed by atoms with E-state index in [0.29, 0.717) is 3.58 Å². The monoisotopic (exact) mass is 360 g/mol. The quantitative estimate of drug-likeness (QED) is 0.493. The van der Waals surface area contributed by atoms with E-state index in [1.54, 1.807) is 6.08 Å². The maximum atomic E-state index is 10.3. The second-order valence-corrected chi connectivity index (χ2v) is 4.79.